The normalized spacial score (nSPS) is 30.2. The topological polar surface area (TPSA) is 35.8 Å². The molecule has 12 heavy (non-hydrogen) atoms. The van der Waals surface area contributed by atoms with Crippen molar-refractivity contribution in [2.24, 2.45) is 11.3 Å². The van der Waals surface area contributed by atoms with Crippen molar-refractivity contribution in [1.82, 2.24) is 5.32 Å². The second-order valence-corrected chi connectivity index (χ2v) is 4.93. The Bertz CT molecular complexity index is 185. The summed E-state index contributed by atoms with van der Waals surface area (Å²) in [6, 6.07) is 2.88. The Morgan fingerprint density at radius 3 is 2.58 bits per heavy atom. The van der Waals surface area contributed by atoms with Crippen LogP contribution in [0.15, 0.2) is 0 Å². The Balaban J connectivity index is 2.34. The molecule has 0 radical (unpaired) electrons. The van der Waals surface area contributed by atoms with Crippen LogP contribution < -0.4 is 5.32 Å². The van der Waals surface area contributed by atoms with E-state index in [-0.39, 0.29) is 5.92 Å². The molecule has 2 heteroatoms. The summed E-state index contributed by atoms with van der Waals surface area (Å²) in [5, 5.41) is 12.1. The van der Waals surface area contributed by atoms with Crippen molar-refractivity contribution in [2.75, 3.05) is 6.54 Å². The summed E-state index contributed by atoms with van der Waals surface area (Å²) >= 11 is 0. The second kappa shape index (κ2) is 3.45. The van der Waals surface area contributed by atoms with Crippen LogP contribution in [0.3, 0.4) is 0 Å². The van der Waals surface area contributed by atoms with Crippen LogP contribution in [0.5, 0.6) is 0 Å². The molecule has 2 nitrogen and oxygen atoms in total. The Hall–Kier alpha value is -0.550. The number of hydrogen-bond acceptors (Lipinski definition) is 2. The van der Waals surface area contributed by atoms with E-state index in [4.69, 9.17) is 5.26 Å². The molecule has 0 amide bonds. The number of rotatable bonds is 1. The molecule has 0 aromatic heterocycles. The minimum Gasteiger partial charge on any atom is -0.313 e. The van der Waals surface area contributed by atoms with Crippen LogP contribution >= 0.6 is 0 Å². The quantitative estimate of drug-likeness (QED) is 0.646. The standard InChI is InChI=1S/C10H18N2/c1-10(2,3)5-9-4-8(6-11)7-12-9/h8-9,12H,4-5,7H2,1-3H3. The second-order valence-electron chi connectivity index (χ2n) is 4.93. The van der Waals surface area contributed by atoms with E-state index >= 15 is 0 Å². The lowest BCUT2D eigenvalue weighted by Crippen LogP contribution is -2.26. The first-order valence-electron chi connectivity index (χ1n) is 4.64. The lowest BCUT2D eigenvalue weighted by atomic mass is 9.87. The monoisotopic (exact) mass is 166 g/mol. The fourth-order valence-corrected chi connectivity index (χ4v) is 1.81. The van der Waals surface area contributed by atoms with Crippen LogP contribution in [-0.2, 0) is 0 Å². The van der Waals surface area contributed by atoms with E-state index in [1.165, 1.54) is 6.42 Å². The molecule has 0 spiro atoms. The highest BCUT2D eigenvalue weighted by molar-refractivity contribution is 4.94. The van der Waals surface area contributed by atoms with E-state index in [0.717, 1.165) is 13.0 Å². The lowest BCUT2D eigenvalue weighted by molar-refractivity contribution is 0.324. The van der Waals surface area contributed by atoms with Gasteiger partial charge in [0.15, 0.2) is 0 Å². The average Bonchev–Trinajstić information content (AvgIpc) is 2.32. The fraction of sp³-hybridized carbons (Fsp3) is 0.900. The number of nitriles is 1. The molecule has 0 aromatic rings. The average molecular weight is 166 g/mol. The van der Waals surface area contributed by atoms with Crippen molar-refractivity contribution in [2.45, 2.75) is 39.7 Å². The van der Waals surface area contributed by atoms with E-state index in [0.29, 0.717) is 11.5 Å². The van der Waals surface area contributed by atoms with Crippen LogP contribution in [0.1, 0.15) is 33.6 Å². The molecule has 0 aliphatic carbocycles. The Labute approximate surface area is 75.0 Å². The third-order valence-electron chi connectivity index (χ3n) is 2.26. The van der Waals surface area contributed by atoms with E-state index in [1.807, 2.05) is 0 Å². The smallest absolute Gasteiger partial charge is 0.0669 e. The highest BCUT2D eigenvalue weighted by atomic mass is 14.9. The van der Waals surface area contributed by atoms with Gasteiger partial charge in [0.1, 0.15) is 0 Å². The van der Waals surface area contributed by atoms with Crippen LogP contribution in [0.25, 0.3) is 0 Å². The van der Waals surface area contributed by atoms with Crippen LogP contribution in [0.2, 0.25) is 0 Å². The van der Waals surface area contributed by atoms with Crippen LogP contribution in [0, 0.1) is 22.7 Å². The van der Waals surface area contributed by atoms with E-state index in [9.17, 15) is 0 Å². The number of hydrogen-bond donors (Lipinski definition) is 1. The summed E-state index contributed by atoms with van der Waals surface area (Å²) in [7, 11) is 0. The molecule has 0 aromatic carbocycles. The van der Waals surface area contributed by atoms with E-state index < -0.39 is 0 Å². The highest BCUT2D eigenvalue weighted by Gasteiger charge is 2.27. The summed E-state index contributed by atoms with van der Waals surface area (Å²) in [5.74, 6) is 0.248. The van der Waals surface area contributed by atoms with Gasteiger partial charge in [-0.25, -0.2) is 0 Å². The molecule has 0 saturated carbocycles. The molecule has 1 heterocycles. The predicted molar refractivity (Wildman–Crippen MR) is 49.6 cm³/mol. The molecular weight excluding hydrogens is 148 g/mol. The zero-order chi connectivity index (χ0) is 9.19. The largest absolute Gasteiger partial charge is 0.313 e. The van der Waals surface area contributed by atoms with Gasteiger partial charge in [0, 0.05) is 12.6 Å². The van der Waals surface area contributed by atoms with Gasteiger partial charge < -0.3 is 5.32 Å². The molecule has 68 valence electrons. The lowest BCUT2D eigenvalue weighted by Gasteiger charge is -2.22. The third kappa shape index (κ3) is 2.83. The molecule has 1 aliphatic heterocycles. The summed E-state index contributed by atoms with van der Waals surface area (Å²) < 4.78 is 0. The zero-order valence-electron chi connectivity index (χ0n) is 8.22. The van der Waals surface area contributed by atoms with Gasteiger partial charge in [0.2, 0.25) is 0 Å². The number of nitrogens with one attached hydrogen (secondary N) is 1. The first-order valence-corrected chi connectivity index (χ1v) is 4.64. The minimum absolute atomic E-state index is 0.248. The SMILES string of the molecule is CC(C)(C)CC1CC(C#N)CN1. The Morgan fingerprint density at radius 1 is 1.50 bits per heavy atom. The van der Waals surface area contributed by atoms with Gasteiger partial charge in [-0.2, -0.15) is 5.26 Å². The van der Waals surface area contributed by atoms with Gasteiger partial charge in [-0.15, -0.1) is 0 Å². The molecule has 2 atom stereocenters. The summed E-state index contributed by atoms with van der Waals surface area (Å²) in [5.41, 5.74) is 0.377. The van der Waals surface area contributed by atoms with Crippen molar-refractivity contribution < 1.29 is 0 Å². The van der Waals surface area contributed by atoms with E-state index in [2.05, 4.69) is 32.2 Å². The van der Waals surface area contributed by atoms with Gasteiger partial charge in [0.25, 0.3) is 0 Å². The fourth-order valence-electron chi connectivity index (χ4n) is 1.81. The molecule has 0 bridgehead atoms. The molecule has 1 rings (SSSR count). The molecule has 1 aliphatic rings. The summed E-state index contributed by atoms with van der Waals surface area (Å²) in [6.45, 7) is 7.62. The van der Waals surface area contributed by atoms with Crippen molar-refractivity contribution in [3.8, 4) is 6.07 Å². The zero-order valence-corrected chi connectivity index (χ0v) is 8.22. The molecule has 1 saturated heterocycles. The molecular formula is C10H18N2. The van der Waals surface area contributed by atoms with Crippen molar-refractivity contribution in [1.29, 1.82) is 5.26 Å². The molecule has 1 N–H and O–H groups in total. The third-order valence-corrected chi connectivity index (χ3v) is 2.26. The van der Waals surface area contributed by atoms with Crippen LogP contribution in [0.4, 0.5) is 0 Å². The number of nitrogens with zero attached hydrogens (tertiary/aromatic N) is 1. The van der Waals surface area contributed by atoms with Gasteiger partial charge in [-0.1, -0.05) is 20.8 Å². The van der Waals surface area contributed by atoms with Crippen molar-refractivity contribution >= 4 is 0 Å². The van der Waals surface area contributed by atoms with Gasteiger partial charge in [0.05, 0.1) is 12.0 Å². The maximum absolute atomic E-state index is 8.69. The van der Waals surface area contributed by atoms with Crippen LogP contribution in [-0.4, -0.2) is 12.6 Å². The van der Waals surface area contributed by atoms with Crippen molar-refractivity contribution in [3.63, 3.8) is 0 Å². The minimum atomic E-state index is 0.248. The van der Waals surface area contributed by atoms with Gasteiger partial charge in [-0.3, -0.25) is 0 Å². The predicted octanol–water partition coefficient (Wildman–Crippen LogP) is 1.92. The maximum Gasteiger partial charge on any atom is 0.0669 e. The Morgan fingerprint density at radius 2 is 2.17 bits per heavy atom. The summed E-state index contributed by atoms with van der Waals surface area (Å²) in [6.07, 6.45) is 2.21. The first-order chi connectivity index (χ1) is 5.51. The maximum atomic E-state index is 8.69. The molecule has 1 fully saturated rings. The molecule has 2 unspecified atom stereocenters. The van der Waals surface area contributed by atoms with Gasteiger partial charge in [-0.05, 0) is 18.3 Å². The van der Waals surface area contributed by atoms with E-state index in [1.54, 1.807) is 0 Å². The highest BCUT2D eigenvalue weighted by Crippen LogP contribution is 2.26. The summed E-state index contributed by atoms with van der Waals surface area (Å²) in [4.78, 5) is 0. The van der Waals surface area contributed by atoms with Crippen molar-refractivity contribution in [3.05, 3.63) is 0 Å². The Kier molecular flexibility index (Phi) is 2.74. The first kappa shape index (κ1) is 9.54. The van der Waals surface area contributed by atoms with Gasteiger partial charge >= 0.3 is 0 Å².